The van der Waals surface area contributed by atoms with Crippen LogP contribution in [0.3, 0.4) is 0 Å². The molecule has 16 heteroatoms. The van der Waals surface area contributed by atoms with Gasteiger partial charge in [-0.3, -0.25) is 19.3 Å². The zero-order valence-electron chi connectivity index (χ0n) is 27.2. The Morgan fingerprint density at radius 3 is 1.56 bits per heavy atom. The van der Waals surface area contributed by atoms with E-state index in [-0.39, 0.29) is 99.9 Å². The van der Waals surface area contributed by atoms with E-state index in [1.807, 2.05) is 0 Å². The predicted molar refractivity (Wildman–Crippen MR) is 166 cm³/mol. The molecule has 2 aliphatic rings. The first kappa shape index (κ1) is 36.5. The van der Waals surface area contributed by atoms with E-state index < -0.39 is 35.4 Å². The highest BCUT2D eigenvalue weighted by Gasteiger charge is 2.37. The molecule has 4 aromatic rings. The lowest BCUT2D eigenvalue weighted by molar-refractivity contribution is -0.0392. The van der Waals surface area contributed by atoms with Crippen LogP contribution < -0.4 is 0 Å². The summed E-state index contributed by atoms with van der Waals surface area (Å²) in [5.74, 6) is -8.43. The van der Waals surface area contributed by atoms with Gasteiger partial charge in [0.15, 0.2) is 0 Å². The molecular weight excluding hydrogens is 670 g/mol. The summed E-state index contributed by atoms with van der Waals surface area (Å²) < 4.78 is 89.3. The summed E-state index contributed by atoms with van der Waals surface area (Å²) in [7, 11) is 0. The highest BCUT2D eigenvalue weighted by molar-refractivity contribution is 5.88. The zero-order valence-corrected chi connectivity index (χ0v) is 27.2. The lowest BCUT2D eigenvalue weighted by atomic mass is 9.84. The molecule has 0 bridgehead atoms. The van der Waals surface area contributed by atoms with Gasteiger partial charge in [-0.2, -0.15) is 10.2 Å². The molecule has 6 rings (SSSR count). The number of rotatable bonds is 9. The number of nitrogens with zero attached hydrogens (tertiary/aromatic N) is 6. The lowest BCUT2D eigenvalue weighted by Gasteiger charge is -2.28. The Hall–Kier alpha value is -4.76. The average molecular weight is 707 g/mol. The quantitative estimate of drug-likeness (QED) is 0.141. The molecule has 0 aromatic carbocycles. The van der Waals surface area contributed by atoms with Crippen molar-refractivity contribution in [1.82, 2.24) is 29.5 Å². The summed E-state index contributed by atoms with van der Waals surface area (Å²) in [6.45, 7) is 2.41. The smallest absolute Gasteiger partial charge is 0.341 e. The Morgan fingerprint density at radius 1 is 0.760 bits per heavy atom. The van der Waals surface area contributed by atoms with Crippen LogP contribution >= 0.6 is 0 Å². The number of carbonyl (C=O) groups is 2. The Kier molecular flexibility index (Phi) is 11.3. The standard InChI is InChI=1S/C18H20F3N3O2.C16H16F3N3O2/c1-2-26-17(25)14-9-23-24(11-14)10-12-7-15(19)16(22-8-12)13-3-5-18(20,21)6-4-13;17-13-5-10(8-22-9-12(7-21-22)15(23)24)6-20-14(13)11-1-3-16(18,19)4-2-11/h7-9,11,13H,2-6,10H2,1H3;5-7,9,11H,1-4,8H2,(H,23,24). The number of alkyl halides is 4. The molecular formula is C34H36F6N6O4. The summed E-state index contributed by atoms with van der Waals surface area (Å²) >= 11 is 0. The second kappa shape index (κ2) is 15.4. The lowest BCUT2D eigenvalue weighted by Crippen LogP contribution is -2.24. The monoisotopic (exact) mass is 706 g/mol. The maximum absolute atomic E-state index is 14.4. The molecule has 0 spiro atoms. The Morgan fingerprint density at radius 2 is 1.18 bits per heavy atom. The van der Waals surface area contributed by atoms with Crippen molar-refractivity contribution in [2.75, 3.05) is 6.61 Å². The number of halogens is 6. The van der Waals surface area contributed by atoms with Gasteiger partial charge in [0.05, 0.1) is 54.6 Å². The number of carbonyl (C=O) groups excluding carboxylic acids is 1. The minimum absolute atomic E-state index is 0.0446. The number of esters is 1. The summed E-state index contributed by atoms with van der Waals surface area (Å²) in [4.78, 5) is 30.7. The van der Waals surface area contributed by atoms with Crippen molar-refractivity contribution in [2.24, 2.45) is 0 Å². The topological polar surface area (TPSA) is 125 Å². The van der Waals surface area contributed by atoms with Crippen LogP contribution in [0.15, 0.2) is 49.3 Å². The number of aromatic nitrogens is 6. The number of carboxylic acid groups (broad SMARTS) is 1. The highest BCUT2D eigenvalue weighted by Crippen LogP contribution is 2.42. The molecule has 2 aliphatic carbocycles. The Balaban J connectivity index is 0.000000195. The molecule has 4 aromatic heterocycles. The molecule has 0 aliphatic heterocycles. The van der Waals surface area contributed by atoms with Gasteiger partial charge in [-0.15, -0.1) is 0 Å². The van der Waals surface area contributed by atoms with Gasteiger partial charge < -0.3 is 9.84 Å². The molecule has 268 valence electrons. The first-order valence-electron chi connectivity index (χ1n) is 16.2. The summed E-state index contributed by atoms with van der Waals surface area (Å²) in [5.41, 5.74) is 1.93. The van der Waals surface area contributed by atoms with Crippen molar-refractivity contribution in [2.45, 2.75) is 95.1 Å². The van der Waals surface area contributed by atoms with E-state index in [1.54, 1.807) is 6.92 Å². The SMILES string of the molecule is CCOC(=O)c1cnn(Cc2cnc(C3CCC(F)(F)CC3)c(F)c2)c1.O=C(O)c1cnn(Cc2cnc(C3CCC(F)(F)CC3)c(F)c2)c1. The van der Waals surface area contributed by atoms with Crippen LogP contribution in [0.25, 0.3) is 0 Å². The van der Waals surface area contributed by atoms with E-state index >= 15 is 0 Å². The first-order valence-corrected chi connectivity index (χ1v) is 16.2. The van der Waals surface area contributed by atoms with Gasteiger partial charge >= 0.3 is 11.9 Å². The largest absolute Gasteiger partial charge is 0.478 e. The van der Waals surface area contributed by atoms with Crippen molar-refractivity contribution in [3.8, 4) is 0 Å². The number of hydrogen-bond acceptors (Lipinski definition) is 7. The maximum atomic E-state index is 14.4. The molecule has 10 nitrogen and oxygen atoms in total. The van der Waals surface area contributed by atoms with Crippen molar-refractivity contribution >= 4 is 11.9 Å². The second-order valence-electron chi connectivity index (χ2n) is 12.6. The normalized spacial score (nSPS) is 17.5. The van der Waals surface area contributed by atoms with Crippen molar-refractivity contribution in [3.05, 3.63) is 94.6 Å². The molecule has 0 saturated heterocycles. The van der Waals surface area contributed by atoms with Gasteiger partial charge in [-0.1, -0.05) is 0 Å². The number of carboxylic acids is 1. The third-order valence-corrected chi connectivity index (χ3v) is 8.77. The van der Waals surface area contributed by atoms with E-state index in [1.165, 1.54) is 58.7 Å². The number of ether oxygens (including phenoxy) is 1. The van der Waals surface area contributed by atoms with Gasteiger partial charge in [0.1, 0.15) is 11.6 Å². The highest BCUT2D eigenvalue weighted by atomic mass is 19.3. The summed E-state index contributed by atoms with van der Waals surface area (Å²) in [6.07, 6.45) is 8.42. The fourth-order valence-electron chi connectivity index (χ4n) is 6.08. The molecule has 0 unspecified atom stereocenters. The van der Waals surface area contributed by atoms with E-state index in [4.69, 9.17) is 9.84 Å². The summed E-state index contributed by atoms with van der Waals surface area (Å²) in [5, 5.41) is 16.8. The fourth-order valence-corrected chi connectivity index (χ4v) is 6.08. The number of pyridine rings is 2. The first-order chi connectivity index (χ1) is 23.7. The van der Waals surface area contributed by atoms with Crippen LogP contribution in [0.4, 0.5) is 26.3 Å². The minimum Gasteiger partial charge on any atom is -0.478 e. The van der Waals surface area contributed by atoms with Crippen molar-refractivity contribution in [3.63, 3.8) is 0 Å². The number of hydrogen-bond donors (Lipinski definition) is 1. The van der Waals surface area contributed by atoms with Gasteiger partial charge in [0, 0.05) is 62.3 Å². The Bertz CT molecular complexity index is 1790. The van der Waals surface area contributed by atoms with E-state index in [0.29, 0.717) is 16.7 Å². The molecule has 0 amide bonds. The third kappa shape index (κ3) is 9.47. The maximum Gasteiger partial charge on any atom is 0.341 e. The van der Waals surface area contributed by atoms with Crippen molar-refractivity contribution in [1.29, 1.82) is 0 Å². The van der Waals surface area contributed by atoms with Gasteiger partial charge in [-0.25, -0.2) is 35.9 Å². The van der Waals surface area contributed by atoms with E-state index in [9.17, 15) is 35.9 Å². The number of aromatic carboxylic acids is 1. The second-order valence-corrected chi connectivity index (χ2v) is 12.6. The van der Waals surface area contributed by atoms with E-state index in [2.05, 4.69) is 20.2 Å². The molecule has 4 heterocycles. The molecule has 0 atom stereocenters. The fraction of sp³-hybridized carbons (Fsp3) is 0.471. The molecule has 1 N–H and O–H groups in total. The van der Waals surface area contributed by atoms with Gasteiger partial charge in [0.2, 0.25) is 11.8 Å². The molecule has 2 fully saturated rings. The zero-order chi connectivity index (χ0) is 36.1. The van der Waals surface area contributed by atoms with Crippen LogP contribution in [0.5, 0.6) is 0 Å². The van der Waals surface area contributed by atoms with Crippen LogP contribution in [0, 0.1) is 11.6 Å². The molecule has 0 radical (unpaired) electrons. The molecule has 50 heavy (non-hydrogen) atoms. The average Bonchev–Trinajstić information content (AvgIpc) is 3.73. The van der Waals surface area contributed by atoms with Crippen LogP contribution in [0.2, 0.25) is 0 Å². The Labute approximate surface area is 283 Å². The van der Waals surface area contributed by atoms with Gasteiger partial charge in [0.25, 0.3) is 0 Å². The van der Waals surface area contributed by atoms with Crippen LogP contribution in [-0.2, 0) is 17.8 Å². The van der Waals surface area contributed by atoms with Crippen molar-refractivity contribution < 1.29 is 45.8 Å². The van der Waals surface area contributed by atoms with Crippen LogP contribution in [0.1, 0.15) is 113 Å². The van der Waals surface area contributed by atoms with E-state index in [0.717, 1.165) is 0 Å². The summed E-state index contributed by atoms with van der Waals surface area (Å²) in [6, 6.07) is 2.65. The van der Waals surface area contributed by atoms with Gasteiger partial charge in [-0.05, 0) is 55.9 Å². The minimum atomic E-state index is -2.66. The van der Waals surface area contributed by atoms with Crippen LogP contribution in [-0.4, -0.2) is 65.0 Å². The third-order valence-electron chi connectivity index (χ3n) is 8.77. The molecule has 2 saturated carbocycles. The predicted octanol–water partition coefficient (Wildman–Crippen LogP) is 7.39.